The molecule has 0 aliphatic heterocycles. The van der Waals surface area contributed by atoms with Crippen LogP contribution >= 0.6 is 0 Å². The van der Waals surface area contributed by atoms with Crippen molar-refractivity contribution in [1.29, 1.82) is 0 Å². The van der Waals surface area contributed by atoms with Crippen LogP contribution in [0, 0.1) is 0 Å². The zero-order chi connectivity index (χ0) is 42.0. The summed E-state index contributed by atoms with van der Waals surface area (Å²) in [6, 6.07) is 90.8. The van der Waals surface area contributed by atoms with E-state index in [4.69, 9.17) is 4.42 Å². The first-order valence-corrected chi connectivity index (χ1v) is 21.4. The van der Waals surface area contributed by atoms with E-state index in [2.05, 4.69) is 252 Å². The monoisotopic (exact) mass is 806 g/mol. The topological polar surface area (TPSA) is 19.6 Å². The summed E-state index contributed by atoms with van der Waals surface area (Å²) in [5.41, 5.74) is 17.2. The van der Waals surface area contributed by atoms with Crippen LogP contribution in [0.5, 0.6) is 0 Å². The molecule has 0 saturated heterocycles. The van der Waals surface area contributed by atoms with Gasteiger partial charge in [-0.3, -0.25) is 0 Å². The molecule has 1 heterocycles. The van der Waals surface area contributed by atoms with Crippen LogP contribution in [-0.4, -0.2) is 0 Å². The highest BCUT2D eigenvalue weighted by Crippen LogP contribution is 2.49. The molecule has 298 valence electrons. The van der Waals surface area contributed by atoms with Crippen molar-refractivity contribution >= 4 is 56.1 Å². The summed E-state index contributed by atoms with van der Waals surface area (Å²) in [4.78, 5) is 4.82. The van der Waals surface area contributed by atoms with Crippen molar-refractivity contribution < 1.29 is 4.42 Å². The number of anilines is 6. The summed E-state index contributed by atoms with van der Waals surface area (Å²) < 4.78 is 6.50. The molecule has 0 fully saturated rings. The lowest BCUT2D eigenvalue weighted by Crippen LogP contribution is -2.14. The van der Waals surface area contributed by atoms with Crippen LogP contribution in [0.2, 0.25) is 0 Å². The lowest BCUT2D eigenvalue weighted by Gasteiger charge is -2.32. The average molecular weight is 807 g/mol. The molecule has 0 bridgehead atoms. The number of rotatable bonds is 10. The zero-order valence-electron chi connectivity index (χ0n) is 34.6. The van der Waals surface area contributed by atoms with Crippen molar-refractivity contribution in [2.45, 2.75) is 0 Å². The van der Waals surface area contributed by atoms with Gasteiger partial charge in [0.25, 0.3) is 0 Å². The minimum Gasteiger partial charge on any atom is -0.456 e. The Morgan fingerprint density at radius 3 is 1.14 bits per heavy atom. The molecule has 0 N–H and O–H groups in total. The maximum absolute atomic E-state index is 6.50. The molecule has 0 unspecified atom stereocenters. The van der Waals surface area contributed by atoms with Crippen LogP contribution in [0.3, 0.4) is 0 Å². The second-order valence-electron chi connectivity index (χ2n) is 15.7. The smallest absolute Gasteiger partial charge is 0.137 e. The molecule has 0 atom stereocenters. The lowest BCUT2D eigenvalue weighted by molar-refractivity contribution is 0.669. The van der Waals surface area contributed by atoms with E-state index in [-0.39, 0.29) is 0 Å². The number of benzene rings is 10. The molecule has 0 radical (unpaired) electrons. The number of hydrogen-bond acceptors (Lipinski definition) is 3. The van der Waals surface area contributed by atoms with Gasteiger partial charge in [0.05, 0.1) is 22.7 Å². The molecule has 1 aromatic heterocycles. The SMILES string of the molecule is c1ccc(-c2ccccc2N(c2cccc(-c3ccccc3N(c3ccccc3-c3ccccc3)c3ccccc3-c3ccccc3)c2)c2ccc3c(c2)oc2ccccc23)cc1. The van der Waals surface area contributed by atoms with Gasteiger partial charge in [0.15, 0.2) is 0 Å². The van der Waals surface area contributed by atoms with Crippen molar-refractivity contribution in [2.24, 2.45) is 0 Å². The van der Waals surface area contributed by atoms with Crippen molar-refractivity contribution in [1.82, 2.24) is 0 Å². The molecule has 11 rings (SSSR count). The van der Waals surface area contributed by atoms with Crippen LogP contribution in [0.4, 0.5) is 34.1 Å². The second kappa shape index (κ2) is 16.6. The summed E-state index contributed by atoms with van der Waals surface area (Å²) in [5.74, 6) is 0. The Morgan fingerprint density at radius 1 is 0.238 bits per heavy atom. The van der Waals surface area contributed by atoms with Crippen molar-refractivity contribution in [3.05, 3.63) is 255 Å². The van der Waals surface area contributed by atoms with Crippen LogP contribution in [0.15, 0.2) is 259 Å². The maximum atomic E-state index is 6.50. The summed E-state index contributed by atoms with van der Waals surface area (Å²) in [7, 11) is 0. The highest BCUT2D eigenvalue weighted by molar-refractivity contribution is 6.06. The normalized spacial score (nSPS) is 11.2. The fourth-order valence-electron chi connectivity index (χ4n) is 8.99. The maximum Gasteiger partial charge on any atom is 0.137 e. The van der Waals surface area contributed by atoms with Gasteiger partial charge < -0.3 is 14.2 Å². The fraction of sp³-hybridized carbons (Fsp3) is 0. The molecular formula is C60H42N2O. The van der Waals surface area contributed by atoms with E-state index >= 15 is 0 Å². The Morgan fingerprint density at radius 2 is 0.619 bits per heavy atom. The first-order valence-electron chi connectivity index (χ1n) is 21.4. The van der Waals surface area contributed by atoms with E-state index in [1.165, 1.54) is 0 Å². The Balaban J connectivity index is 1.12. The molecule has 0 aliphatic rings. The quantitative estimate of drug-likeness (QED) is 0.137. The predicted octanol–water partition coefficient (Wildman–Crippen LogP) is 17.2. The molecule has 3 heteroatoms. The molecule has 63 heavy (non-hydrogen) atoms. The van der Waals surface area contributed by atoms with E-state index < -0.39 is 0 Å². The summed E-state index contributed by atoms with van der Waals surface area (Å²) in [6.45, 7) is 0. The third-order valence-corrected chi connectivity index (χ3v) is 11.9. The minimum atomic E-state index is 0.849. The summed E-state index contributed by atoms with van der Waals surface area (Å²) in [6.07, 6.45) is 0. The summed E-state index contributed by atoms with van der Waals surface area (Å²) >= 11 is 0. The molecule has 0 spiro atoms. The van der Waals surface area contributed by atoms with Crippen LogP contribution in [0.1, 0.15) is 0 Å². The Kier molecular flexibility index (Phi) is 9.89. The van der Waals surface area contributed by atoms with Crippen LogP contribution in [0.25, 0.3) is 66.4 Å². The van der Waals surface area contributed by atoms with Gasteiger partial charge in [0.2, 0.25) is 0 Å². The highest BCUT2D eigenvalue weighted by Gasteiger charge is 2.24. The number of furan rings is 1. The first kappa shape index (κ1) is 37.6. The van der Waals surface area contributed by atoms with Gasteiger partial charge in [0.1, 0.15) is 11.2 Å². The largest absolute Gasteiger partial charge is 0.456 e. The Bertz CT molecular complexity index is 3270. The number of hydrogen-bond donors (Lipinski definition) is 0. The average Bonchev–Trinajstić information content (AvgIpc) is 3.74. The van der Waals surface area contributed by atoms with Gasteiger partial charge in [-0.05, 0) is 76.9 Å². The second-order valence-corrected chi connectivity index (χ2v) is 15.7. The number of fused-ring (bicyclic) bond motifs is 3. The van der Waals surface area contributed by atoms with E-state index in [9.17, 15) is 0 Å². The van der Waals surface area contributed by atoms with Gasteiger partial charge in [0, 0.05) is 50.5 Å². The molecule has 11 aromatic rings. The third-order valence-electron chi connectivity index (χ3n) is 11.9. The Hall–Kier alpha value is -8.40. The van der Waals surface area contributed by atoms with E-state index in [1.807, 2.05) is 12.1 Å². The van der Waals surface area contributed by atoms with E-state index in [0.29, 0.717) is 0 Å². The van der Waals surface area contributed by atoms with Gasteiger partial charge in [-0.2, -0.15) is 0 Å². The van der Waals surface area contributed by atoms with Crippen LogP contribution in [-0.2, 0) is 0 Å². The van der Waals surface area contributed by atoms with Crippen molar-refractivity contribution in [3.8, 4) is 44.5 Å². The van der Waals surface area contributed by atoms with E-state index in [1.54, 1.807) is 0 Å². The third kappa shape index (κ3) is 7.12. The first-order chi connectivity index (χ1) is 31.3. The molecular weight excluding hydrogens is 765 g/mol. The minimum absolute atomic E-state index is 0.849. The van der Waals surface area contributed by atoms with Gasteiger partial charge in [-0.25, -0.2) is 0 Å². The van der Waals surface area contributed by atoms with Crippen LogP contribution < -0.4 is 9.80 Å². The lowest BCUT2D eigenvalue weighted by atomic mass is 9.96. The molecule has 0 saturated carbocycles. The van der Waals surface area contributed by atoms with Gasteiger partial charge in [-0.1, -0.05) is 194 Å². The van der Waals surface area contributed by atoms with Gasteiger partial charge in [-0.15, -0.1) is 0 Å². The molecule has 0 amide bonds. The number of para-hydroxylation sites is 5. The van der Waals surface area contributed by atoms with E-state index in [0.717, 1.165) is 101 Å². The summed E-state index contributed by atoms with van der Waals surface area (Å²) in [5, 5.41) is 2.21. The highest BCUT2D eigenvalue weighted by atomic mass is 16.3. The standard InChI is InChI=1S/C60H42N2O/c1-4-21-43(22-5-1)49-29-10-15-34-55(49)61(48-39-40-54-53-33-14-19-38-59(53)63-60(54)42-48)47-28-20-27-46(41-47)52-32-13-18-37-58(52)62(56-35-16-11-30-50(56)44-23-6-2-7-24-44)57-36-17-12-31-51(57)45-25-8-3-9-26-45/h1-42H. The predicted molar refractivity (Wildman–Crippen MR) is 265 cm³/mol. The molecule has 10 aromatic carbocycles. The molecule has 3 nitrogen and oxygen atoms in total. The molecule has 0 aliphatic carbocycles. The van der Waals surface area contributed by atoms with Crippen molar-refractivity contribution in [3.63, 3.8) is 0 Å². The fourth-order valence-corrected chi connectivity index (χ4v) is 8.99. The number of nitrogens with zero attached hydrogens (tertiary/aromatic N) is 2. The Labute approximate surface area is 368 Å². The zero-order valence-corrected chi connectivity index (χ0v) is 34.6. The van der Waals surface area contributed by atoms with Crippen molar-refractivity contribution in [2.75, 3.05) is 9.80 Å². The van der Waals surface area contributed by atoms with Gasteiger partial charge >= 0.3 is 0 Å².